The number of carbonyl (C=O) groups is 1. The molecule has 0 unspecified atom stereocenters. The molecule has 0 N–H and O–H groups in total. The summed E-state index contributed by atoms with van der Waals surface area (Å²) in [4.78, 5) is 14.0. The van der Waals surface area contributed by atoms with Crippen LogP contribution in [0.25, 0.3) is 0 Å². The van der Waals surface area contributed by atoms with E-state index in [1.54, 1.807) is 4.90 Å². The summed E-state index contributed by atoms with van der Waals surface area (Å²) in [7, 11) is 0. The van der Waals surface area contributed by atoms with Crippen molar-refractivity contribution in [3.05, 3.63) is 42.0 Å². The van der Waals surface area contributed by atoms with Gasteiger partial charge in [0.05, 0.1) is 0 Å². The minimum Gasteiger partial charge on any atom is -0.478 e. The number of hydrogen-bond acceptors (Lipinski definition) is 2. The SMILES string of the molecule is CC[C-](OC(=O)N(C(C)C)C(C)C)c1ccccc1.[Li+]. The maximum Gasteiger partial charge on any atom is 1.00 e. The molecule has 0 aliphatic rings. The van der Waals surface area contributed by atoms with Gasteiger partial charge in [-0.1, -0.05) is 13.0 Å². The average molecular weight is 269 g/mol. The molecular formula is C16H24LiNO2. The minimum atomic E-state index is -0.272. The Morgan fingerprint density at radius 2 is 1.65 bits per heavy atom. The predicted molar refractivity (Wildman–Crippen MR) is 77.7 cm³/mol. The summed E-state index contributed by atoms with van der Waals surface area (Å²) >= 11 is 0. The standard InChI is InChI=1S/C16H24NO2.Li/c1-6-15(14-10-8-7-9-11-14)19-16(18)17(12(2)3)13(4)5;/h7-13H,6H2,1-5H3;/q-1;+1. The maximum atomic E-state index is 12.3. The van der Waals surface area contributed by atoms with Crippen LogP contribution in [0.3, 0.4) is 0 Å². The molecule has 1 amide bonds. The first-order valence-corrected chi connectivity index (χ1v) is 6.88. The van der Waals surface area contributed by atoms with E-state index in [0.29, 0.717) is 6.42 Å². The van der Waals surface area contributed by atoms with Gasteiger partial charge in [-0.25, -0.2) is 4.79 Å². The van der Waals surface area contributed by atoms with Crippen molar-refractivity contribution in [3.8, 4) is 0 Å². The molecule has 1 aromatic rings. The fourth-order valence-corrected chi connectivity index (χ4v) is 2.14. The van der Waals surface area contributed by atoms with E-state index in [9.17, 15) is 4.79 Å². The van der Waals surface area contributed by atoms with Crippen LogP contribution in [0.5, 0.6) is 0 Å². The fraction of sp³-hybridized carbons (Fsp3) is 0.500. The predicted octanol–water partition coefficient (Wildman–Crippen LogP) is 1.24. The fourth-order valence-electron chi connectivity index (χ4n) is 2.14. The third-order valence-electron chi connectivity index (χ3n) is 2.95. The summed E-state index contributed by atoms with van der Waals surface area (Å²) in [6.45, 7) is 9.97. The average Bonchev–Trinajstić information content (AvgIpc) is 2.36. The molecule has 0 fully saturated rings. The first kappa shape index (κ1) is 19.0. The molecule has 1 aromatic carbocycles. The molecule has 0 spiro atoms. The Balaban J connectivity index is 0.00000361. The van der Waals surface area contributed by atoms with Crippen LogP contribution >= 0.6 is 0 Å². The van der Waals surface area contributed by atoms with Crippen molar-refractivity contribution in [1.29, 1.82) is 0 Å². The Hall–Kier alpha value is -1.04. The van der Waals surface area contributed by atoms with Gasteiger partial charge in [0.2, 0.25) is 0 Å². The molecule has 106 valence electrons. The molecule has 0 saturated carbocycles. The molecule has 0 saturated heterocycles. The molecular weight excluding hydrogens is 245 g/mol. The van der Waals surface area contributed by atoms with Crippen molar-refractivity contribution in [3.63, 3.8) is 0 Å². The van der Waals surface area contributed by atoms with E-state index < -0.39 is 0 Å². The number of rotatable bonds is 5. The summed E-state index contributed by atoms with van der Waals surface area (Å²) in [5.74, 6) is 0. The minimum absolute atomic E-state index is 0. The zero-order valence-electron chi connectivity index (χ0n) is 13.5. The largest absolute Gasteiger partial charge is 1.00 e. The molecule has 0 radical (unpaired) electrons. The molecule has 0 aliphatic carbocycles. The Kier molecular flexibility index (Phi) is 8.53. The summed E-state index contributed by atoms with van der Waals surface area (Å²) < 4.78 is 5.57. The smallest absolute Gasteiger partial charge is 0.478 e. The third kappa shape index (κ3) is 5.15. The topological polar surface area (TPSA) is 29.5 Å². The molecule has 20 heavy (non-hydrogen) atoms. The maximum absolute atomic E-state index is 12.3. The number of nitrogens with zero attached hydrogens (tertiary/aromatic N) is 1. The number of hydrogen-bond donors (Lipinski definition) is 0. The van der Waals surface area contributed by atoms with Gasteiger partial charge in [0.15, 0.2) is 0 Å². The van der Waals surface area contributed by atoms with Crippen LogP contribution in [0.4, 0.5) is 4.79 Å². The molecule has 0 heterocycles. The summed E-state index contributed by atoms with van der Waals surface area (Å²) in [6.07, 6.45) is 1.14. The molecule has 0 aliphatic heterocycles. The van der Waals surface area contributed by atoms with Gasteiger partial charge in [-0.15, -0.1) is 12.1 Å². The zero-order valence-corrected chi connectivity index (χ0v) is 13.5. The van der Waals surface area contributed by atoms with Crippen molar-refractivity contribution in [2.24, 2.45) is 0 Å². The van der Waals surface area contributed by atoms with Crippen molar-refractivity contribution < 1.29 is 28.4 Å². The van der Waals surface area contributed by atoms with Gasteiger partial charge in [-0.05, 0) is 34.1 Å². The number of ether oxygens (including phenoxy) is 1. The van der Waals surface area contributed by atoms with Crippen molar-refractivity contribution in [1.82, 2.24) is 4.90 Å². The van der Waals surface area contributed by atoms with Gasteiger partial charge in [0.25, 0.3) is 0 Å². The zero-order chi connectivity index (χ0) is 14.4. The van der Waals surface area contributed by atoms with Crippen LogP contribution in [-0.2, 0) is 4.74 Å². The van der Waals surface area contributed by atoms with E-state index >= 15 is 0 Å². The van der Waals surface area contributed by atoms with E-state index in [2.05, 4.69) is 0 Å². The van der Waals surface area contributed by atoms with Crippen LogP contribution < -0.4 is 18.9 Å². The second-order valence-corrected chi connectivity index (χ2v) is 5.11. The molecule has 4 heteroatoms. The Morgan fingerprint density at radius 1 is 1.15 bits per heavy atom. The summed E-state index contributed by atoms with van der Waals surface area (Å²) in [5.41, 5.74) is 0.964. The van der Waals surface area contributed by atoms with Crippen molar-refractivity contribution in [2.75, 3.05) is 0 Å². The first-order valence-electron chi connectivity index (χ1n) is 6.88. The normalized spacial score (nSPS) is 10.2. The van der Waals surface area contributed by atoms with Crippen LogP contribution in [0, 0.1) is 6.10 Å². The van der Waals surface area contributed by atoms with Gasteiger partial charge >= 0.3 is 25.0 Å². The van der Waals surface area contributed by atoms with Gasteiger partial charge in [0.1, 0.15) is 0 Å². The van der Waals surface area contributed by atoms with E-state index in [4.69, 9.17) is 4.74 Å². The van der Waals surface area contributed by atoms with Crippen molar-refractivity contribution >= 4 is 6.09 Å². The molecule has 0 aromatic heterocycles. The Morgan fingerprint density at radius 3 is 2.05 bits per heavy atom. The molecule has 1 rings (SSSR count). The van der Waals surface area contributed by atoms with E-state index in [1.807, 2.05) is 65.0 Å². The van der Waals surface area contributed by atoms with Gasteiger partial charge in [-0.2, -0.15) is 17.7 Å². The number of amides is 1. The van der Waals surface area contributed by atoms with E-state index in [-0.39, 0.29) is 37.0 Å². The van der Waals surface area contributed by atoms with Crippen LogP contribution in [0.2, 0.25) is 0 Å². The first-order chi connectivity index (χ1) is 8.97. The van der Waals surface area contributed by atoms with E-state index in [1.165, 1.54) is 0 Å². The van der Waals surface area contributed by atoms with Crippen LogP contribution in [0.15, 0.2) is 30.3 Å². The Labute approximate surface area is 134 Å². The third-order valence-corrected chi connectivity index (χ3v) is 2.95. The quantitative estimate of drug-likeness (QED) is 0.594. The van der Waals surface area contributed by atoms with Gasteiger partial charge in [0, 0.05) is 18.2 Å². The monoisotopic (exact) mass is 269 g/mol. The summed E-state index contributed by atoms with van der Waals surface area (Å²) in [6, 6.07) is 10.0. The summed E-state index contributed by atoms with van der Waals surface area (Å²) in [5, 5.41) is 0. The van der Waals surface area contributed by atoms with Crippen LogP contribution in [-0.4, -0.2) is 23.1 Å². The molecule has 3 nitrogen and oxygen atoms in total. The second-order valence-electron chi connectivity index (χ2n) is 5.11. The van der Waals surface area contributed by atoms with Gasteiger partial charge in [-0.3, -0.25) is 0 Å². The molecule has 0 atom stereocenters. The number of benzene rings is 1. The van der Waals surface area contributed by atoms with Crippen molar-refractivity contribution in [2.45, 2.75) is 53.1 Å². The number of carbonyl (C=O) groups excluding carboxylic acids is 1. The van der Waals surface area contributed by atoms with E-state index in [0.717, 1.165) is 11.7 Å². The van der Waals surface area contributed by atoms with Crippen LogP contribution in [0.1, 0.15) is 46.6 Å². The van der Waals surface area contributed by atoms with Gasteiger partial charge < -0.3 is 9.64 Å². The Bertz CT molecular complexity index is 385. The second kappa shape index (κ2) is 9.00. The molecule has 0 bridgehead atoms.